The third-order valence-corrected chi connectivity index (χ3v) is 3.02. The Labute approximate surface area is 120 Å². The quantitative estimate of drug-likeness (QED) is 0.748. The minimum absolute atomic E-state index is 0.0296. The van der Waals surface area contributed by atoms with E-state index < -0.39 is 5.97 Å². The Morgan fingerprint density at radius 1 is 1.29 bits per heavy atom. The van der Waals surface area contributed by atoms with Crippen LogP contribution in [0.1, 0.15) is 12.1 Å². The van der Waals surface area contributed by atoms with E-state index in [2.05, 4.69) is 15.3 Å². The van der Waals surface area contributed by atoms with E-state index in [1.54, 1.807) is 6.20 Å². The largest absolute Gasteiger partial charge is 0.481 e. The standard InChI is InChI=1S/C15H13N3O3/c19-13(20)7-6-11-9-21-15(17-11)18-12-5-1-3-10-4-2-8-16-14(10)12/h1-5,8-9H,6-7H2,(H,17,18)(H,19,20). The highest BCUT2D eigenvalue weighted by Crippen LogP contribution is 2.24. The molecular weight excluding hydrogens is 270 g/mol. The molecule has 6 heteroatoms. The van der Waals surface area contributed by atoms with Crippen LogP contribution in [0.5, 0.6) is 0 Å². The van der Waals surface area contributed by atoms with Gasteiger partial charge in [-0.2, -0.15) is 4.98 Å². The molecule has 0 bridgehead atoms. The Kier molecular flexibility index (Phi) is 3.51. The number of carbonyl (C=O) groups is 1. The van der Waals surface area contributed by atoms with E-state index in [0.29, 0.717) is 18.1 Å². The molecule has 106 valence electrons. The molecule has 0 spiro atoms. The number of hydrogen-bond acceptors (Lipinski definition) is 5. The molecule has 2 N–H and O–H groups in total. The van der Waals surface area contributed by atoms with Crippen molar-refractivity contribution in [2.24, 2.45) is 0 Å². The lowest BCUT2D eigenvalue weighted by Gasteiger charge is -2.05. The van der Waals surface area contributed by atoms with Crippen LogP contribution in [0.15, 0.2) is 47.2 Å². The minimum Gasteiger partial charge on any atom is -0.481 e. The van der Waals surface area contributed by atoms with Gasteiger partial charge in [-0.1, -0.05) is 18.2 Å². The normalized spacial score (nSPS) is 10.7. The summed E-state index contributed by atoms with van der Waals surface area (Å²) in [5, 5.41) is 12.7. The number of rotatable bonds is 5. The van der Waals surface area contributed by atoms with Crippen molar-refractivity contribution in [2.45, 2.75) is 12.8 Å². The lowest BCUT2D eigenvalue weighted by molar-refractivity contribution is -0.136. The second-order valence-electron chi connectivity index (χ2n) is 4.54. The van der Waals surface area contributed by atoms with Crippen molar-refractivity contribution in [3.63, 3.8) is 0 Å². The number of hydrogen-bond donors (Lipinski definition) is 2. The molecule has 0 unspecified atom stereocenters. The van der Waals surface area contributed by atoms with Gasteiger partial charge in [0.05, 0.1) is 23.3 Å². The topological polar surface area (TPSA) is 88.2 Å². The van der Waals surface area contributed by atoms with Crippen LogP contribution < -0.4 is 5.32 Å². The van der Waals surface area contributed by atoms with Gasteiger partial charge in [-0.3, -0.25) is 9.78 Å². The number of pyridine rings is 1. The van der Waals surface area contributed by atoms with Crippen molar-refractivity contribution in [1.29, 1.82) is 0 Å². The molecule has 21 heavy (non-hydrogen) atoms. The van der Waals surface area contributed by atoms with Gasteiger partial charge >= 0.3 is 5.97 Å². The molecule has 2 aromatic heterocycles. The summed E-state index contributed by atoms with van der Waals surface area (Å²) in [6.07, 6.45) is 3.56. The minimum atomic E-state index is -0.856. The maximum Gasteiger partial charge on any atom is 0.303 e. The summed E-state index contributed by atoms with van der Waals surface area (Å²) >= 11 is 0. The molecule has 3 aromatic rings. The maximum absolute atomic E-state index is 10.5. The lowest BCUT2D eigenvalue weighted by atomic mass is 10.2. The number of anilines is 2. The molecule has 0 amide bonds. The van der Waals surface area contributed by atoms with E-state index in [1.165, 1.54) is 6.26 Å². The number of benzene rings is 1. The van der Waals surface area contributed by atoms with Crippen molar-refractivity contribution >= 4 is 28.6 Å². The molecule has 0 saturated heterocycles. The van der Waals surface area contributed by atoms with Gasteiger partial charge in [0.1, 0.15) is 6.26 Å². The highest BCUT2D eigenvalue weighted by Gasteiger charge is 2.08. The molecule has 0 fully saturated rings. The SMILES string of the molecule is O=C(O)CCc1coc(Nc2cccc3cccnc23)n1. The molecular formula is C15H13N3O3. The summed E-state index contributed by atoms with van der Waals surface area (Å²) in [6.45, 7) is 0. The summed E-state index contributed by atoms with van der Waals surface area (Å²) in [5.41, 5.74) is 2.22. The number of aliphatic carboxylic acids is 1. The van der Waals surface area contributed by atoms with Crippen LogP contribution in [-0.4, -0.2) is 21.0 Å². The number of fused-ring (bicyclic) bond motifs is 1. The van der Waals surface area contributed by atoms with Crippen molar-refractivity contribution in [3.8, 4) is 0 Å². The summed E-state index contributed by atoms with van der Waals surface area (Å²) in [6, 6.07) is 9.95. The van der Waals surface area contributed by atoms with E-state index in [9.17, 15) is 4.79 Å². The second kappa shape index (κ2) is 5.62. The Hall–Kier alpha value is -2.89. The van der Waals surface area contributed by atoms with Crippen LogP contribution in [-0.2, 0) is 11.2 Å². The maximum atomic E-state index is 10.5. The van der Waals surface area contributed by atoms with E-state index >= 15 is 0 Å². The third-order valence-electron chi connectivity index (χ3n) is 3.02. The highest BCUT2D eigenvalue weighted by molar-refractivity contribution is 5.91. The number of aromatic nitrogens is 2. The van der Waals surface area contributed by atoms with Crippen molar-refractivity contribution in [3.05, 3.63) is 48.5 Å². The van der Waals surface area contributed by atoms with Crippen LogP contribution in [0.25, 0.3) is 10.9 Å². The van der Waals surface area contributed by atoms with Crippen molar-refractivity contribution in [1.82, 2.24) is 9.97 Å². The molecule has 1 aromatic carbocycles. The third kappa shape index (κ3) is 3.00. The van der Waals surface area contributed by atoms with Gasteiger partial charge in [-0.05, 0) is 12.1 Å². The first-order valence-corrected chi connectivity index (χ1v) is 6.49. The van der Waals surface area contributed by atoms with Gasteiger partial charge in [0, 0.05) is 18.0 Å². The number of aryl methyl sites for hydroxylation is 1. The van der Waals surface area contributed by atoms with Crippen LogP contribution in [0.4, 0.5) is 11.7 Å². The monoisotopic (exact) mass is 283 g/mol. The summed E-state index contributed by atoms with van der Waals surface area (Å²) in [7, 11) is 0. The first-order chi connectivity index (χ1) is 10.2. The summed E-state index contributed by atoms with van der Waals surface area (Å²) < 4.78 is 5.31. The molecule has 0 aliphatic carbocycles. The molecule has 3 rings (SSSR count). The smallest absolute Gasteiger partial charge is 0.303 e. The van der Waals surface area contributed by atoms with Crippen LogP contribution in [0.2, 0.25) is 0 Å². The predicted molar refractivity (Wildman–Crippen MR) is 77.5 cm³/mol. The van der Waals surface area contributed by atoms with Gasteiger partial charge < -0.3 is 14.8 Å². The average Bonchev–Trinajstić information content (AvgIpc) is 2.93. The fraction of sp³-hybridized carbons (Fsp3) is 0.133. The summed E-state index contributed by atoms with van der Waals surface area (Å²) in [4.78, 5) is 19.1. The van der Waals surface area contributed by atoms with E-state index in [1.807, 2.05) is 30.3 Å². The Balaban J connectivity index is 1.81. The number of oxazole rings is 1. The first kappa shape index (κ1) is 13.1. The molecule has 0 aliphatic rings. The number of carboxylic acid groups (broad SMARTS) is 1. The molecule has 2 heterocycles. The number of nitrogens with zero attached hydrogens (tertiary/aromatic N) is 2. The van der Waals surface area contributed by atoms with Gasteiger partial charge in [0.25, 0.3) is 6.01 Å². The fourth-order valence-electron chi connectivity index (χ4n) is 2.03. The zero-order chi connectivity index (χ0) is 14.7. The van der Waals surface area contributed by atoms with Crippen LogP contribution in [0, 0.1) is 0 Å². The van der Waals surface area contributed by atoms with Gasteiger partial charge in [0.15, 0.2) is 0 Å². The van der Waals surface area contributed by atoms with E-state index in [-0.39, 0.29) is 6.42 Å². The van der Waals surface area contributed by atoms with Gasteiger partial charge in [-0.15, -0.1) is 0 Å². The first-order valence-electron chi connectivity index (χ1n) is 6.49. The Bertz CT molecular complexity index is 777. The molecule has 0 radical (unpaired) electrons. The lowest BCUT2D eigenvalue weighted by Crippen LogP contribution is -1.98. The van der Waals surface area contributed by atoms with E-state index in [0.717, 1.165) is 16.6 Å². The Morgan fingerprint density at radius 3 is 3.00 bits per heavy atom. The number of carboxylic acids is 1. The van der Waals surface area contributed by atoms with Gasteiger partial charge in [-0.25, -0.2) is 0 Å². The Morgan fingerprint density at radius 2 is 2.14 bits per heavy atom. The molecule has 0 atom stereocenters. The van der Waals surface area contributed by atoms with E-state index in [4.69, 9.17) is 9.52 Å². The van der Waals surface area contributed by atoms with Crippen molar-refractivity contribution in [2.75, 3.05) is 5.32 Å². The van der Waals surface area contributed by atoms with Crippen molar-refractivity contribution < 1.29 is 14.3 Å². The molecule has 0 saturated carbocycles. The zero-order valence-electron chi connectivity index (χ0n) is 11.1. The average molecular weight is 283 g/mol. The number of nitrogens with one attached hydrogen (secondary N) is 1. The summed E-state index contributed by atoms with van der Waals surface area (Å²) in [5.74, 6) is -0.856. The zero-order valence-corrected chi connectivity index (χ0v) is 11.1. The number of para-hydroxylation sites is 1. The molecule has 0 aliphatic heterocycles. The highest BCUT2D eigenvalue weighted by atomic mass is 16.4. The predicted octanol–water partition coefficient (Wildman–Crippen LogP) is 2.98. The second-order valence-corrected chi connectivity index (χ2v) is 4.54. The van der Waals surface area contributed by atoms with Crippen LogP contribution >= 0.6 is 0 Å². The van der Waals surface area contributed by atoms with Gasteiger partial charge in [0.2, 0.25) is 0 Å². The molecule has 6 nitrogen and oxygen atoms in total. The fourth-order valence-corrected chi connectivity index (χ4v) is 2.03. The van der Waals surface area contributed by atoms with Crippen LogP contribution in [0.3, 0.4) is 0 Å².